The van der Waals surface area contributed by atoms with Gasteiger partial charge in [0, 0.05) is 19.5 Å². The third-order valence-corrected chi connectivity index (χ3v) is 4.47. The van der Waals surface area contributed by atoms with E-state index >= 15 is 0 Å². The summed E-state index contributed by atoms with van der Waals surface area (Å²) in [5.74, 6) is -0.158. The highest BCUT2D eigenvalue weighted by atomic mass is 16.5. The van der Waals surface area contributed by atoms with Crippen LogP contribution in [-0.4, -0.2) is 48.7 Å². The summed E-state index contributed by atoms with van der Waals surface area (Å²) >= 11 is 0. The molecule has 0 aromatic heterocycles. The van der Waals surface area contributed by atoms with E-state index in [0.717, 1.165) is 30.6 Å². The second-order valence-electron chi connectivity index (χ2n) is 6.37. The highest BCUT2D eigenvalue weighted by molar-refractivity contribution is 5.86. The first-order valence-corrected chi connectivity index (χ1v) is 8.85. The zero-order chi connectivity index (χ0) is 18.2. The molecule has 0 spiro atoms. The summed E-state index contributed by atoms with van der Waals surface area (Å²) < 4.78 is 11.2. The quantitative estimate of drug-likeness (QED) is 0.657. The molecular formula is C19H27NO5. The minimum Gasteiger partial charge on any atom is -0.493 e. The Balaban J connectivity index is 1.90. The maximum Gasteiger partial charge on any atom is 0.308 e. The first-order chi connectivity index (χ1) is 12.0. The molecule has 1 unspecified atom stereocenters. The number of methoxy groups -OCH3 is 1. The van der Waals surface area contributed by atoms with Crippen molar-refractivity contribution in [2.24, 2.45) is 5.92 Å². The molecule has 1 amide bonds. The Kier molecular flexibility index (Phi) is 7.10. The summed E-state index contributed by atoms with van der Waals surface area (Å²) in [4.78, 5) is 24.5. The van der Waals surface area contributed by atoms with Crippen molar-refractivity contribution in [2.45, 2.75) is 39.0 Å². The first-order valence-electron chi connectivity index (χ1n) is 8.85. The number of aliphatic carboxylic acids is 1. The molecule has 6 nitrogen and oxygen atoms in total. The first kappa shape index (κ1) is 19.1. The van der Waals surface area contributed by atoms with Crippen LogP contribution < -0.4 is 9.47 Å². The van der Waals surface area contributed by atoms with Crippen LogP contribution in [0.25, 0.3) is 0 Å². The molecule has 1 aromatic rings. The number of carbonyl (C=O) groups excluding carboxylic acids is 1. The molecule has 0 aliphatic carbocycles. The summed E-state index contributed by atoms with van der Waals surface area (Å²) in [5, 5.41) is 9.03. The molecular weight excluding hydrogens is 322 g/mol. The highest BCUT2D eigenvalue weighted by Gasteiger charge is 2.33. The molecule has 1 heterocycles. The Labute approximate surface area is 148 Å². The lowest BCUT2D eigenvalue weighted by Crippen LogP contribution is -2.28. The summed E-state index contributed by atoms with van der Waals surface area (Å²) in [6.07, 6.45) is 4.07. The van der Waals surface area contributed by atoms with Crippen molar-refractivity contribution in [2.75, 3.05) is 26.8 Å². The molecule has 1 atom stereocenters. The van der Waals surface area contributed by atoms with E-state index in [1.807, 2.05) is 18.2 Å². The van der Waals surface area contributed by atoms with Crippen molar-refractivity contribution >= 4 is 11.9 Å². The average Bonchev–Trinajstić information content (AvgIpc) is 2.98. The highest BCUT2D eigenvalue weighted by Crippen LogP contribution is 2.29. The molecule has 1 aliphatic rings. The van der Waals surface area contributed by atoms with Crippen LogP contribution in [0.15, 0.2) is 18.2 Å². The monoisotopic (exact) mass is 349 g/mol. The summed E-state index contributed by atoms with van der Waals surface area (Å²) in [6.45, 7) is 3.63. The van der Waals surface area contributed by atoms with Gasteiger partial charge < -0.3 is 19.5 Å². The van der Waals surface area contributed by atoms with Gasteiger partial charge in [-0.25, -0.2) is 0 Å². The van der Waals surface area contributed by atoms with Crippen LogP contribution in [-0.2, 0) is 16.0 Å². The molecule has 1 N–H and O–H groups in total. The van der Waals surface area contributed by atoms with Gasteiger partial charge in [-0.05, 0) is 30.5 Å². The van der Waals surface area contributed by atoms with Crippen LogP contribution in [0, 0.1) is 5.92 Å². The second-order valence-corrected chi connectivity index (χ2v) is 6.37. The minimum absolute atomic E-state index is 0.0877. The van der Waals surface area contributed by atoms with Gasteiger partial charge in [-0.1, -0.05) is 25.8 Å². The number of hydrogen-bond acceptors (Lipinski definition) is 4. The van der Waals surface area contributed by atoms with Gasteiger partial charge in [-0.15, -0.1) is 0 Å². The van der Waals surface area contributed by atoms with Crippen LogP contribution in [0.5, 0.6) is 11.5 Å². The predicted octanol–water partition coefficient (Wildman–Crippen LogP) is 2.74. The van der Waals surface area contributed by atoms with Crippen LogP contribution >= 0.6 is 0 Å². The number of carbonyl (C=O) groups is 2. The van der Waals surface area contributed by atoms with Crippen molar-refractivity contribution in [1.82, 2.24) is 4.90 Å². The number of hydrogen-bond donors (Lipinski definition) is 1. The van der Waals surface area contributed by atoms with Gasteiger partial charge in [-0.3, -0.25) is 9.59 Å². The van der Waals surface area contributed by atoms with Gasteiger partial charge in [0.1, 0.15) is 0 Å². The minimum atomic E-state index is -0.901. The Morgan fingerprint density at radius 3 is 2.76 bits per heavy atom. The number of carboxylic acids is 1. The van der Waals surface area contributed by atoms with Crippen molar-refractivity contribution in [3.8, 4) is 11.5 Å². The Morgan fingerprint density at radius 2 is 2.12 bits per heavy atom. The summed E-state index contributed by atoms with van der Waals surface area (Å²) in [7, 11) is 1.61. The van der Waals surface area contributed by atoms with E-state index < -0.39 is 11.9 Å². The normalized spacial score (nSPS) is 17.0. The van der Waals surface area contributed by atoms with Gasteiger partial charge in [-0.2, -0.15) is 0 Å². The number of likely N-dealkylation sites (tertiary alicyclic amines) is 1. The Morgan fingerprint density at radius 1 is 1.32 bits per heavy atom. The number of unbranched alkanes of at least 4 members (excludes halogenated alkanes) is 2. The third kappa shape index (κ3) is 5.37. The van der Waals surface area contributed by atoms with E-state index in [0.29, 0.717) is 31.9 Å². The molecule has 2 rings (SSSR count). The number of rotatable bonds is 10. The molecule has 0 radical (unpaired) electrons. The second kappa shape index (κ2) is 9.30. The van der Waals surface area contributed by atoms with E-state index in [1.165, 1.54) is 0 Å². The fourth-order valence-corrected chi connectivity index (χ4v) is 2.94. The number of benzene rings is 1. The van der Waals surface area contributed by atoms with Gasteiger partial charge in [0.2, 0.25) is 5.91 Å². The molecule has 0 bridgehead atoms. The largest absolute Gasteiger partial charge is 0.493 e. The zero-order valence-electron chi connectivity index (χ0n) is 15.0. The van der Waals surface area contributed by atoms with E-state index in [1.54, 1.807) is 12.0 Å². The Hall–Kier alpha value is -2.24. The molecule has 1 aliphatic heterocycles. The molecule has 1 saturated heterocycles. The fraction of sp³-hybridized carbons (Fsp3) is 0.579. The van der Waals surface area contributed by atoms with E-state index in [2.05, 4.69) is 6.92 Å². The summed E-state index contributed by atoms with van der Waals surface area (Å²) in [6, 6.07) is 5.78. The van der Waals surface area contributed by atoms with Crippen LogP contribution in [0.2, 0.25) is 0 Å². The lowest BCUT2D eigenvalue weighted by Gasteiger charge is -2.17. The molecule has 25 heavy (non-hydrogen) atoms. The Bertz CT molecular complexity index is 601. The fourth-order valence-electron chi connectivity index (χ4n) is 2.94. The van der Waals surface area contributed by atoms with Crippen molar-refractivity contribution < 1.29 is 24.2 Å². The van der Waals surface area contributed by atoms with E-state index in [9.17, 15) is 9.59 Å². The van der Waals surface area contributed by atoms with Crippen molar-refractivity contribution in [3.63, 3.8) is 0 Å². The number of carboxylic acid groups (broad SMARTS) is 1. The van der Waals surface area contributed by atoms with E-state index in [-0.39, 0.29) is 12.3 Å². The van der Waals surface area contributed by atoms with Crippen LogP contribution in [0.1, 0.15) is 38.2 Å². The van der Waals surface area contributed by atoms with E-state index in [4.69, 9.17) is 14.6 Å². The van der Waals surface area contributed by atoms with Crippen molar-refractivity contribution in [3.05, 3.63) is 23.8 Å². The third-order valence-electron chi connectivity index (χ3n) is 4.47. The maximum atomic E-state index is 11.9. The topological polar surface area (TPSA) is 76.1 Å². The van der Waals surface area contributed by atoms with Crippen LogP contribution in [0.4, 0.5) is 0 Å². The van der Waals surface area contributed by atoms with Gasteiger partial charge in [0.05, 0.1) is 19.6 Å². The smallest absolute Gasteiger partial charge is 0.308 e. The van der Waals surface area contributed by atoms with Crippen LogP contribution in [0.3, 0.4) is 0 Å². The summed E-state index contributed by atoms with van der Waals surface area (Å²) in [5.41, 5.74) is 1.03. The van der Waals surface area contributed by atoms with Crippen molar-refractivity contribution in [1.29, 1.82) is 0 Å². The number of ether oxygens (including phenoxy) is 2. The predicted molar refractivity (Wildman–Crippen MR) is 94.0 cm³/mol. The molecule has 1 aromatic carbocycles. The maximum absolute atomic E-state index is 11.9. The molecule has 6 heteroatoms. The number of amides is 1. The molecule has 0 saturated carbocycles. The van der Waals surface area contributed by atoms with Gasteiger partial charge in [0.25, 0.3) is 0 Å². The molecule has 1 fully saturated rings. The SMILES string of the molecule is CCCCCOc1ccc(CCN2CC(C(=O)O)CC2=O)cc1OC. The van der Waals surface area contributed by atoms with Gasteiger partial charge >= 0.3 is 5.97 Å². The molecule has 138 valence electrons. The average molecular weight is 349 g/mol. The van der Waals surface area contributed by atoms with Gasteiger partial charge in [0.15, 0.2) is 11.5 Å². The lowest BCUT2D eigenvalue weighted by atomic mass is 10.1. The zero-order valence-corrected chi connectivity index (χ0v) is 15.0. The lowest BCUT2D eigenvalue weighted by molar-refractivity contribution is -0.141. The standard InChI is InChI=1S/C19H27NO5/c1-3-4-5-10-25-16-7-6-14(11-17(16)24-2)8-9-20-13-15(19(22)23)12-18(20)21/h6-7,11,15H,3-5,8-10,12-13H2,1-2H3,(H,22,23). The number of nitrogens with zero attached hydrogens (tertiary/aromatic N) is 1.